The van der Waals surface area contributed by atoms with E-state index in [1.165, 1.54) is 24.3 Å². The van der Waals surface area contributed by atoms with Crippen molar-refractivity contribution in [2.75, 3.05) is 6.61 Å². The lowest BCUT2D eigenvalue weighted by atomic mass is 10.0. The van der Waals surface area contributed by atoms with Gasteiger partial charge in [0.1, 0.15) is 18.3 Å². The van der Waals surface area contributed by atoms with Gasteiger partial charge < -0.3 is 9.84 Å². The second-order valence-corrected chi connectivity index (χ2v) is 4.36. The Bertz CT molecular complexity index is 624. The minimum atomic E-state index is -0.983. The van der Waals surface area contributed by atoms with E-state index in [0.29, 0.717) is 11.3 Å². The molecular weight excluding hydrogens is 274 g/mol. The van der Waals surface area contributed by atoms with Crippen LogP contribution in [-0.2, 0) is 4.79 Å². The second-order valence-electron chi connectivity index (χ2n) is 4.36. The largest absolute Gasteiger partial charge is 0.492 e. The number of rotatable bonds is 6. The number of hydrogen-bond acceptors (Lipinski definition) is 4. The van der Waals surface area contributed by atoms with E-state index in [2.05, 4.69) is 0 Å². The number of ether oxygens (including phenoxy) is 1. The van der Waals surface area contributed by atoms with Crippen molar-refractivity contribution in [1.82, 2.24) is 0 Å². The summed E-state index contributed by atoms with van der Waals surface area (Å²) >= 11 is 0. The summed E-state index contributed by atoms with van der Waals surface area (Å²) in [6.45, 7) is -0.0445. The molecule has 2 rings (SSSR count). The summed E-state index contributed by atoms with van der Waals surface area (Å²) in [5, 5.41) is 19.8. The van der Waals surface area contributed by atoms with E-state index in [1.807, 2.05) is 0 Å². The highest BCUT2D eigenvalue weighted by molar-refractivity contribution is 5.76. The molecule has 0 aromatic heterocycles. The SMILES string of the molecule is O=C(O)C(COc1ccc([N+](=O)[O-])cc1)c1ccccc1. The van der Waals surface area contributed by atoms with Crippen LogP contribution in [0.15, 0.2) is 54.6 Å². The number of aliphatic carboxylic acids is 1. The summed E-state index contributed by atoms with van der Waals surface area (Å²) < 4.78 is 5.42. The lowest BCUT2D eigenvalue weighted by Gasteiger charge is -2.14. The van der Waals surface area contributed by atoms with Gasteiger partial charge in [0.15, 0.2) is 0 Å². The number of nitrogens with zero attached hydrogens (tertiary/aromatic N) is 1. The molecule has 21 heavy (non-hydrogen) atoms. The molecule has 1 unspecified atom stereocenters. The number of carboxylic acid groups (broad SMARTS) is 1. The maximum absolute atomic E-state index is 11.3. The van der Waals surface area contributed by atoms with E-state index in [9.17, 15) is 20.0 Å². The Morgan fingerprint density at radius 1 is 1.14 bits per heavy atom. The fourth-order valence-corrected chi connectivity index (χ4v) is 1.84. The van der Waals surface area contributed by atoms with E-state index in [0.717, 1.165) is 0 Å². The summed E-state index contributed by atoms with van der Waals surface area (Å²) in [6, 6.07) is 14.3. The summed E-state index contributed by atoms with van der Waals surface area (Å²) in [5.74, 6) is -1.38. The second kappa shape index (κ2) is 6.51. The highest BCUT2D eigenvalue weighted by Gasteiger charge is 2.20. The minimum absolute atomic E-state index is 0.0415. The number of non-ortho nitro benzene ring substituents is 1. The van der Waals surface area contributed by atoms with Crippen molar-refractivity contribution >= 4 is 11.7 Å². The molecule has 0 radical (unpaired) electrons. The molecule has 0 saturated carbocycles. The lowest BCUT2D eigenvalue weighted by Crippen LogP contribution is -2.19. The number of carbonyl (C=O) groups is 1. The van der Waals surface area contributed by atoms with Gasteiger partial charge in [0.05, 0.1) is 4.92 Å². The monoisotopic (exact) mass is 287 g/mol. The van der Waals surface area contributed by atoms with Crippen molar-refractivity contribution in [1.29, 1.82) is 0 Å². The van der Waals surface area contributed by atoms with E-state index in [-0.39, 0.29) is 12.3 Å². The highest BCUT2D eigenvalue weighted by Crippen LogP contribution is 2.21. The molecule has 108 valence electrons. The predicted octanol–water partition coefficient (Wildman–Crippen LogP) is 2.84. The molecule has 0 spiro atoms. The smallest absolute Gasteiger partial charge is 0.314 e. The maximum Gasteiger partial charge on any atom is 0.314 e. The molecule has 0 aliphatic heterocycles. The van der Waals surface area contributed by atoms with Crippen LogP contribution in [0.3, 0.4) is 0 Å². The van der Waals surface area contributed by atoms with Crippen LogP contribution in [0.5, 0.6) is 5.75 Å². The van der Waals surface area contributed by atoms with Gasteiger partial charge >= 0.3 is 5.97 Å². The minimum Gasteiger partial charge on any atom is -0.492 e. The molecule has 0 aliphatic carbocycles. The summed E-state index contributed by atoms with van der Waals surface area (Å²) in [6.07, 6.45) is 0. The van der Waals surface area contributed by atoms with Gasteiger partial charge in [0.2, 0.25) is 0 Å². The molecule has 0 amide bonds. The molecule has 0 bridgehead atoms. The molecule has 2 aromatic carbocycles. The summed E-state index contributed by atoms with van der Waals surface area (Å²) in [5.41, 5.74) is 0.604. The quantitative estimate of drug-likeness (QED) is 0.651. The summed E-state index contributed by atoms with van der Waals surface area (Å²) in [4.78, 5) is 21.3. The van der Waals surface area contributed by atoms with Crippen molar-refractivity contribution in [2.24, 2.45) is 0 Å². The zero-order valence-corrected chi connectivity index (χ0v) is 11.0. The third kappa shape index (κ3) is 3.79. The van der Waals surface area contributed by atoms with Gasteiger partial charge in [-0.3, -0.25) is 14.9 Å². The number of nitro groups is 1. The molecule has 6 heteroatoms. The Kier molecular flexibility index (Phi) is 4.50. The van der Waals surface area contributed by atoms with Crippen molar-refractivity contribution in [3.8, 4) is 5.75 Å². The van der Waals surface area contributed by atoms with Crippen LogP contribution < -0.4 is 4.74 Å². The molecular formula is C15H13NO5. The number of nitro benzene ring substituents is 1. The van der Waals surface area contributed by atoms with Gasteiger partial charge in [-0.2, -0.15) is 0 Å². The molecule has 1 atom stereocenters. The van der Waals surface area contributed by atoms with Crippen LogP contribution >= 0.6 is 0 Å². The number of benzene rings is 2. The topological polar surface area (TPSA) is 89.7 Å². The van der Waals surface area contributed by atoms with Crippen LogP contribution in [0.2, 0.25) is 0 Å². The Hall–Kier alpha value is -2.89. The van der Waals surface area contributed by atoms with Gasteiger partial charge in [-0.05, 0) is 17.7 Å². The van der Waals surface area contributed by atoms with E-state index >= 15 is 0 Å². The first-order valence-corrected chi connectivity index (χ1v) is 6.23. The van der Waals surface area contributed by atoms with Gasteiger partial charge in [0.25, 0.3) is 5.69 Å². The highest BCUT2D eigenvalue weighted by atomic mass is 16.6. The molecule has 1 N–H and O–H groups in total. The third-order valence-corrected chi connectivity index (χ3v) is 2.96. The Morgan fingerprint density at radius 3 is 2.29 bits per heavy atom. The Morgan fingerprint density at radius 2 is 1.76 bits per heavy atom. The van der Waals surface area contributed by atoms with Crippen LogP contribution in [-0.4, -0.2) is 22.6 Å². The zero-order chi connectivity index (χ0) is 15.2. The maximum atomic E-state index is 11.3. The fourth-order valence-electron chi connectivity index (χ4n) is 1.84. The molecule has 6 nitrogen and oxygen atoms in total. The summed E-state index contributed by atoms with van der Waals surface area (Å²) in [7, 11) is 0. The van der Waals surface area contributed by atoms with Crippen LogP contribution in [0.1, 0.15) is 11.5 Å². The van der Waals surface area contributed by atoms with Crippen LogP contribution in [0.25, 0.3) is 0 Å². The third-order valence-electron chi connectivity index (χ3n) is 2.96. The first kappa shape index (κ1) is 14.5. The first-order valence-electron chi connectivity index (χ1n) is 6.23. The first-order chi connectivity index (χ1) is 10.1. The van der Waals surface area contributed by atoms with Gasteiger partial charge in [0, 0.05) is 12.1 Å². The van der Waals surface area contributed by atoms with Gasteiger partial charge in [-0.25, -0.2) is 0 Å². The van der Waals surface area contributed by atoms with Gasteiger partial charge in [-0.15, -0.1) is 0 Å². The van der Waals surface area contributed by atoms with Crippen molar-refractivity contribution < 1.29 is 19.6 Å². The van der Waals surface area contributed by atoms with E-state index in [4.69, 9.17) is 4.74 Å². The molecule has 2 aromatic rings. The number of carboxylic acids is 1. The van der Waals surface area contributed by atoms with Crippen molar-refractivity contribution in [3.63, 3.8) is 0 Å². The van der Waals surface area contributed by atoms with Crippen molar-refractivity contribution in [3.05, 3.63) is 70.3 Å². The number of hydrogen-bond donors (Lipinski definition) is 1. The average Bonchev–Trinajstić information content (AvgIpc) is 2.48. The van der Waals surface area contributed by atoms with E-state index in [1.54, 1.807) is 30.3 Å². The zero-order valence-electron chi connectivity index (χ0n) is 11.0. The Balaban J connectivity index is 2.05. The van der Waals surface area contributed by atoms with Gasteiger partial charge in [-0.1, -0.05) is 30.3 Å². The van der Waals surface area contributed by atoms with Crippen LogP contribution in [0, 0.1) is 10.1 Å². The average molecular weight is 287 g/mol. The Labute approximate surface area is 120 Å². The molecule has 0 fully saturated rings. The predicted molar refractivity (Wildman–Crippen MR) is 75.4 cm³/mol. The molecule has 0 aliphatic rings. The molecule has 0 saturated heterocycles. The van der Waals surface area contributed by atoms with Crippen molar-refractivity contribution in [2.45, 2.75) is 5.92 Å². The fraction of sp³-hybridized carbons (Fsp3) is 0.133. The standard InChI is InChI=1S/C15H13NO5/c17-15(18)14(11-4-2-1-3-5-11)10-21-13-8-6-12(7-9-13)16(19)20/h1-9,14H,10H2,(H,17,18). The normalized spacial score (nSPS) is 11.6. The van der Waals surface area contributed by atoms with E-state index < -0.39 is 16.8 Å². The molecule has 0 heterocycles. The lowest BCUT2D eigenvalue weighted by molar-refractivity contribution is -0.384. The van der Waals surface area contributed by atoms with Crippen LogP contribution in [0.4, 0.5) is 5.69 Å².